The average molecular weight is 597 g/mol. The van der Waals surface area contributed by atoms with Gasteiger partial charge >= 0.3 is 0 Å². The van der Waals surface area contributed by atoms with Crippen LogP contribution in [0.3, 0.4) is 0 Å². The number of amides is 1. The SMILES string of the molecule is C=C/C=C1/CN(S(C)(=O)=O)C/C1=C/NC(=O)C[C@@H]1N=C(c2ccc(Cl)cc2)c2c(sc(C)c2C)-n2c(C)nnc21. The highest BCUT2D eigenvalue weighted by atomic mass is 35.5. The number of sulfonamides is 1. The van der Waals surface area contributed by atoms with E-state index in [-0.39, 0.29) is 25.4 Å². The van der Waals surface area contributed by atoms with Crippen molar-refractivity contribution in [2.45, 2.75) is 33.2 Å². The molecule has 1 amide bonds. The van der Waals surface area contributed by atoms with Gasteiger partial charge in [-0.1, -0.05) is 42.5 Å². The van der Waals surface area contributed by atoms with Gasteiger partial charge in [-0.05, 0) is 49.6 Å². The number of benzene rings is 1. The molecule has 1 N–H and O–H groups in total. The van der Waals surface area contributed by atoms with Gasteiger partial charge in [0.05, 0.1) is 18.4 Å². The molecule has 4 heterocycles. The normalized spacial score (nSPS) is 19.3. The number of fused-ring (bicyclic) bond motifs is 3. The summed E-state index contributed by atoms with van der Waals surface area (Å²) in [5, 5.41) is 13.2. The van der Waals surface area contributed by atoms with Crippen molar-refractivity contribution in [1.82, 2.24) is 24.4 Å². The minimum absolute atomic E-state index is 0.0161. The quantitative estimate of drug-likeness (QED) is 0.448. The summed E-state index contributed by atoms with van der Waals surface area (Å²) in [4.78, 5) is 19.6. The van der Waals surface area contributed by atoms with Crippen LogP contribution in [0.2, 0.25) is 5.02 Å². The first kappa shape index (κ1) is 28.2. The topological polar surface area (TPSA) is 110 Å². The predicted octanol–water partition coefficient (Wildman–Crippen LogP) is 4.58. The van der Waals surface area contributed by atoms with Crippen LogP contribution >= 0.6 is 22.9 Å². The van der Waals surface area contributed by atoms with E-state index in [1.54, 1.807) is 29.7 Å². The third-order valence-corrected chi connectivity index (χ3v) is 9.68. The molecule has 0 unspecified atom stereocenters. The summed E-state index contributed by atoms with van der Waals surface area (Å²) < 4.78 is 27.5. The Kier molecular flexibility index (Phi) is 7.66. The molecule has 0 spiro atoms. The van der Waals surface area contributed by atoms with Gasteiger partial charge < -0.3 is 5.32 Å². The lowest BCUT2D eigenvalue weighted by atomic mass is 9.99. The highest BCUT2D eigenvalue weighted by Crippen LogP contribution is 2.39. The van der Waals surface area contributed by atoms with Crippen LogP contribution in [0.15, 0.2) is 65.3 Å². The van der Waals surface area contributed by atoms with Gasteiger partial charge in [0.15, 0.2) is 5.82 Å². The number of nitrogens with one attached hydrogen (secondary N) is 1. The van der Waals surface area contributed by atoms with E-state index < -0.39 is 16.1 Å². The molecule has 1 aromatic carbocycles. The van der Waals surface area contributed by atoms with Gasteiger partial charge in [0.1, 0.15) is 16.9 Å². The predicted molar refractivity (Wildman–Crippen MR) is 159 cm³/mol. The summed E-state index contributed by atoms with van der Waals surface area (Å²) in [5.74, 6) is 1.02. The van der Waals surface area contributed by atoms with E-state index >= 15 is 0 Å². The Morgan fingerprint density at radius 1 is 1.18 bits per heavy atom. The fraction of sp³-hybridized carbons (Fsp3) is 0.286. The first-order valence-corrected chi connectivity index (χ1v) is 15.6. The monoisotopic (exact) mass is 596 g/mol. The Morgan fingerprint density at radius 3 is 2.55 bits per heavy atom. The van der Waals surface area contributed by atoms with Gasteiger partial charge in [0, 0.05) is 40.3 Å². The average Bonchev–Trinajstić information content (AvgIpc) is 3.54. The largest absolute Gasteiger partial charge is 0.332 e. The number of carbonyl (C=O) groups excluding carboxylic acids is 1. The lowest BCUT2D eigenvalue weighted by molar-refractivity contribution is -0.120. The molecule has 1 atom stereocenters. The van der Waals surface area contributed by atoms with Crippen molar-refractivity contribution in [3.63, 3.8) is 0 Å². The van der Waals surface area contributed by atoms with Gasteiger partial charge in [-0.15, -0.1) is 21.5 Å². The molecule has 40 heavy (non-hydrogen) atoms. The molecule has 2 aliphatic heterocycles. The highest BCUT2D eigenvalue weighted by Gasteiger charge is 2.33. The summed E-state index contributed by atoms with van der Waals surface area (Å²) in [5.41, 5.74) is 5.25. The number of rotatable bonds is 6. The fourth-order valence-corrected chi connectivity index (χ4v) is 6.94. The molecule has 2 aromatic heterocycles. The van der Waals surface area contributed by atoms with Gasteiger partial charge in [-0.25, -0.2) is 8.42 Å². The number of hydrogen-bond acceptors (Lipinski definition) is 7. The zero-order chi connectivity index (χ0) is 28.8. The number of hydrogen-bond donors (Lipinski definition) is 1. The minimum atomic E-state index is -3.38. The van der Waals surface area contributed by atoms with Gasteiger partial charge in [0.2, 0.25) is 15.9 Å². The molecule has 208 valence electrons. The molecular weight excluding hydrogens is 568 g/mol. The van der Waals surface area contributed by atoms with Crippen LogP contribution < -0.4 is 5.32 Å². The summed E-state index contributed by atoms with van der Waals surface area (Å²) in [6.45, 7) is 10.2. The van der Waals surface area contributed by atoms with Crippen molar-refractivity contribution in [3.05, 3.63) is 98.6 Å². The molecule has 0 saturated carbocycles. The molecule has 5 rings (SSSR count). The molecule has 1 saturated heterocycles. The summed E-state index contributed by atoms with van der Waals surface area (Å²) in [7, 11) is -3.38. The number of halogens is 1. The molecular formula is C28H29ClN6O3S2. The van der Waals surface area contributed by atoms with Crippen molar-refractivity contribution in [1.29, 1.82) is 0 Å². The lowest BCUT2D eigenvalue weighted by Crippen LogP contribution is -2.27. The zero-order valence-electron chi connectivity index (χ0n) is 22.6. The van der Waals surface area contributed by atoms with E-state index in [4.69, 9.17) is 16.6 Å². The maximum atomic E-state index is 13.3. The van der Waals surface area contributed by atoms with Crippen LogP contribution in [0.4, 0.5) is 0 Å². The lowest BCUT2D eigenvalue weighted by Gasteiger charge is -2.12. The van der Waals surface area contributed by atoms with Gasteiger partial charge in [-0.2, -0.15) is 4.31 Å². The third kappa shape index (κ3) is 5.34. The second kappa shape index (κ2) is 10.9. The molecule has 3 aromatic rings. The number of aliphatic imine (C=N–C) groups is 1. The van der Waals surface area contributed by atoms with E-state index in [1.807, 2.05) is 35.8 Å². The molecule has 1 fully saturated rings. The smallest absolute Gasteiger partial charge is 0.226 e. The molecule has 0 radical (unpaired) electrons. The first-order valence-electron chi connectivity index (χ1n) is 12.6. The van der Waals surface area contributed by atoms with Crippen LogP contribution in [-0.2, 0) is 14.8 Å². The Morgan fingerprint density at radius 2 is 1.88 bits per heavy atom. The summed E-state index contributed by atoms with van der Waals surface area (Å²) in [6.07, 6.45) is 6.12. The second-order valence-corrected chi connectivity index (χ2v) is 13.4. The van der Waals surface area contributed by atoms with E-state index in [1.165, 1.54) is 10.6 Å². The molecule has 12 heteroatoms. The number of thiophene rings is 1. The molecule has 9 nitrogen and oxygen atoms in total. The van der Waals surface area contributed by atoms with E-state index in [0.717, 1.165) is 37.9 Å². The third-order valence-electron chi connectivity index (χ3n) is 7.04. The van der Waals surface area contributed by atoms with Crippen molar-refractivity contribution in [2.24, 2.45) is 4.99 Å². The Bertz CT molecular complexity index is 1710. The highest BCUT2D eigenvalue weighted by molar-refractivity contribution is 7.88. The van der Waals surface area contributed by atoms with E-state index in [2.05, 4.69) is 35.9 Å². The zero-order valence-corrected chi connectivity index (χ0v) is 25.0. The summed E-state index contributed by atoms with van der Waals surface area (Å²) >= 11 is 7.83. The van der Waals surface area contributed by atoms with Crippen LogP contribution in [-0.4, -0.2) is 58.5 Å². The fourth-order valence-electron chi connectivity index (χ4n) is 4.85. The van der Waals surface area contributed by atoms with Crippen LogP contribution in [0.5, 0.6) is 0 Å². The van der Waals surface area contributed by atoms with Crippen molar-refractivity contribution < 1.29 is 13.2 Å². The second-order valence-electron chi connectivity index (χ2n) is 9.80. The maximum Gasteiger partial charge on any atom is 0.226 e. The van der Waals surface area contributed by atoms with Crippen molar-refractivity contribution >= 4 is 44.6 Å². The number of nitrogens with zero attached hydrogens (tertiary/aromatic N) is 5. The van der Waals surface area contributed by atoms with Crippen LogP contribution in [0, 0.1) is 20.8 Å². The number of carbonyl (C=O) groups is 1. The maximum absolute atomic E-state index is 13.3. The summed E-state index contributed by atoms with van der Waals surface area (Å²) in [6, 6.07) is 6.91. The number of aromatic nitrogens is 3. The van der Waals surface area contributed by atoms with Crippen LogP contribution in [0.25, 0.3) is 5.00 Å². The molecule has 2 aliphatic rings. The number of aryl methyl sites for hydroxylation is 2. The van der Waals surface area contributed by atoms with Gasteiger partial charge in [0.25, 0.3) is 0 Å². The Balaban J connectivity index is 1.51. The van der Waals surface area contributed by atoms with Crippen molar-refractivity contribution in [2.75, 3.05) is 19.3 Å². The Hall–Kier alpha value is -3.38. The number of allylic oxidation sites excluding steroid dienone is 2. The van der Waals surface area contributed by atoms with Crippen molar-refractivity contribution in [3.8, 4) is 5.00 Å². The minimum Gasteiger partial charge on any atom is -0.332 e. The molecule has 0 aliphatic carbocycles. The van der Waals surface area contributed by atoms with E-state index in [0.29, 0.717) is 22.2 Å². The van der Waals surface area contributed by atoms with E-state index in [9.17, 15) is 13.2 Å². The van der Waals surface area contributed by atoms with Gasteiger partial charge in [-0.3, -0.25) is 14.4 Å². The standard InChI is InChI=1S/C28H29ClN6O3S2/c1-6-7-20-14-34(40(5,37)38)15-21(20)13-30-24(36)12-23-27-33-32-18(4)35(27)28-25(16(2)17(3)39-28)26(31-23)19-8-10-22(29)11-9-19/h6-11,13,23H,1,12,14-15H2,2-5H3,(H,30,36)/b20-7-,21-13-/t23-/m0/s1. The Labute approximate surface area is 242 Å². The molecule has 0 bridgehead atoms. The first-order chi connectivity index (χ1) is 19.0. The van der Waals surface area contributed by atoms with Crippen LogP contribution in [0.1, 0.15) is 45.7 Å².